The molecule has 2 aromatic rings. The first kappa shape index (κ1) is 15.8. The van der Waals surface area contributed by atoms with Crippen LogP contribution in [-0.2, 0) is 16.6 Å². The molecule has 1 aliphatic rings. The summed E-state index contributed by atoms with van der Waals surface area (Å²) in [6, 6.07) is 4.55. The van der Waals surface area contributed by atoms with E-state index in [1.807, 2.05) is 12.3 Å². The lowest BCUT2D eigenvalue weighted by molar-refractivity contribution is 0.0683. The number of sulfonamides is 1. The van der Waals surface area contributed by atoms with Gasteiger partial charge in [0.25, 0.3) is 15.9 Å². The molecule has 1 N–H and O–H groups in total. The number of hydrogen-bond acceptors (Lipinski definition) is 5. The predicted octanol–water partition coefficient (Wildman–Crippen LogP) is 0.689. The van der Waals surface area contributed by atoms with Gasteiger partial charge in [-0.3, -0.25) is 9.48 Å². The Hall–Kier alpha value is -2.13. The van der Waals surface area contributed by atoms with Gasteiger partial charge >= 0.3 is 0 Å². The third kappa shape index (κ3) is 3.15. The molecule has 0 radical (unpaired) electrons. The smallest absolute Gasteiger partial charge is 0.289 e. The molecule has 8 nitrogen and oxygen atoms in total. The van der Waals surface area contributed by atoms with Crippen molar-refractivity contribution in [1.82, 2.24) is 19.4 Å². The van der Waals surface area contributed by atoms with Crippen molar-refractivity contribution in [1.29, 1.82) is 0 Å². The topological polar surface area (TPSA) is 97.4 Å². The van der Waals surface area contributed by atoms with Crippen molar-refractivity contribution >= 4 is 15.9 Å². The first-order chi connectivity index (χ1) is 11.0. The fraction of sp³-hybridized carbons (Fsp3) is 0.429. The summed E-state index contributed by atoms with van der Waals surface area (Å²) in [4.78, 5) is 14.3. The highest BCUT2D eigenvalue weighted by atomic mass is 32.2. The Kier molecular flexibility index (Phi) is 4.22. The molecule has 2 aromatic heterocycles. The summed E-state index contributed by atoms with van der Waals surface area (Å²) in [7, 11) is -2.40. The average molecular weight is 338 g/mol. The van der Waals surface area contributed by atoms with Crippen LogP contribution in [0.4, 0.5) is 0 Å². The lowest BCUT2D eigenvalue weighted by atomic mass is 10.2. The zero-order valence-corrected chi connectivity index (χ0v) is 13.5. The zero-order valence-electron chi connectivity index (χ0n) is 12.7. The largest absolute Gasteiger partial charge is 0.438 e. The van der Waals surface area contributed by atoms with Crippen LogP contribution in [0.25, 0.3) is 0 Å². The maximum absolute atomic E-state index is 12.6. The van der Waals surface area contributed by atoms with Gasteiger partial charge in [0.1, 0.15) is 0 Å². The minimum Gasteiger partial charge on any atom is -0.438 e. The molecule has 1 amide bonds. The Bertz CT molecular complexity index is 782. The maximum Gasteiger partial charge on any atom is 0.289 e. The van der Waals surface area contributed by atoms with Gasteiger partial charge < -0.3 is 9.32 Å². The normalized spacial score (nSPS) is 18.5. The molecule has 0 spiro atoms. The number of likely N-dealkylation sites (tertiary alicyclic amines) is 1. The fourth-order valence-corrected chi connectivity index (χ4v) is 3.39. The first-order valence-corrected chi connectivity index (χ1v) is 8.81. The molecule has 1 atom stereocenters. The second kappa shape index (κ2) is 6.17. The molecule has 1 fully saturated rings. The SMILES string of the molecule is CNS(=O)(=O)c1ccc(C(=O)N2CCCC2Cn2cccn2)o1. The number of furan rings is 1. The summed E-state index contributed by atoms with van der Waals surface area (Å²) in [5, 5.41) is 3.90. The number of nitrogens with one attached hydrogen (secondary N) is 1. The molecule has 124 valence electrons. The third-order valence-corrected chi connectivity index (χ3v) is 5.21. The molecule has 0 aliphatic carbocycles. The Balaban J connectivity index is 1.77. The molecule has 0 aromatic carbocycles. The summed E-state index contributed by atoms with van der Waals surface area (Å²) in [5.74, 6) is -0.261. The quantitative estimate of drug-likeness (QED) is 0.865. The van der Waals surface area contributed by atoms with Crippen molar-refractivity contribution in [3.8, 4) is 0 Å². The van der Waals surface area contributed by atoms with Crippen molar-refractivity contribution in [2.24, 2.45) is 0 Å². The number of carbonyl (C=O) groups is 1. The van der Waals surface area contributed by atoms with Gasteiger partial charge in [-0.2, -0.15) is 5.10 Å². The molecular weight excluding hydrogens is 320 g/mol. The molecule has 9 heteroatoms. The lowest BCUT2D eigenvalue weighted by Crippen LogP contribution is -2.38. The van der Waals surface area contributed by atoms with E-state index in [0.29, 0.717) is 13.1 Å². The summed E-state index contributed by atoms with van der Waals surface area (Å²) >= 11 is 0. The van der Waals surface area contributed by atoms with Crippen molar-refractivity contribution in [2.45, 2.75) is 30.5 Å². The van der Waals surface area contributed by atoms with Gasteiger partial charge in [-0.15, -0.1) is 0 Å². The third-order valence-electron chi connectivity index (χ3n) is 3.92. The monoisotopic (exact) mass is 338 g/mol. The molecule has 0 saturated carbocycles. The van der Waals surface area contributed by atoms with E-state index in [1.165, 1.54) is 19.2 Å². The van der Waals surface area contributed by atoms with Crippen LogP contribution in [0.1, 0.15) is 23.4 Å². The highest BCUT2D eigenvalue weighted by Crippen LogP contribution is 2.23. The van der Waals surface area contributed by atoms with Crippen LogP contribution in [0.15, 0.2) is 40.1 Å². The molecule has 3 heterocycles. The summed E-state index contributed by atoms with van der Waals surface area (Å²) in [6.45, 7) is 1.24. The number of rotatable bonds is 5. The van der Waals surface area contributed by atoms with Gasteiger partial charge in [0.05, 0.1) is 12.6 Å². The van der Waals surface area contributed by atoms with E-state index in [4.69, 9.17) is 4.42 Å². The van der Waals surface area contributed by atoms with Crippen LogP contribution in [0.2, 0.25) is 0 Å². The number of amides is 1. The van der Waals surface area contributed by atoms with E-state index >= 15 is 0 Å². The lowest BCUT2D eigenvalue weighted by Gasteiger charge is -2.23. The fourth-order valence-electron chi connectivity index (χ4n) is 2.74. The second-order valence-electron chi connectivity index (χ2n) is 5.35. The number of carbonyl (C=O) groups excluding carboxylic acids is 1. The van der Waals surface area contributed by atoms with Crippen LogP contribution < -0.4 is 4.72 Å². The van der Waals surface area contributed by atoms with E-state index in [1.54, 1.807) is 15.8 Å². The van der Waals surface area contributed by atoms with E-state index in [-0.39, 0.29) is 22.8 Å². The first-order valence-electron chi connectivity index (χ1n) is 7.33. The molecule has 1 saturated heterocycles. The summed E-state index contributed by atoms with van der Waals surface area (Å²) in [5.41, 5.74) is 0. The Labute approximate surface area is 134 Å². The minimum absolute atomic E-state index is 0.0249. The molecule has 3 rings (SSSR count). The maximum atomic E-state index is 12.6. The van der Waals surface area contributed by atoms with Gasteiger partial charge in [-0.1, -0.05) is 0 Å². The number of aromatic nitrogens is 2. The van der Waals surface area contributed by atoms with Crippen LogP contribution in [0.3, 0.4) is 0 Å². The molecule has 1 aliphatic heterocycles. The Morgan fingerprint density at radius 2 is 2.30 bits per heavy atom. The highest BCUT2D eigenvalue weighted by Gasteiger charge is 2.32. The Morgan fingerprint density at radius 1 is 1.48 bits per heavy atom. The Morgan fingerprint density at radius 3 is 3.00 bits per heavy atom. The zero-order chi connectivity index (χ0) is 16.4. The van der Waals surface area contributed by atoms with Crippen molar-refractivity contribution in [2.75, 3.05) is 13.6 Å². The van der Waals surface area contributed by atoms with Crippen LogP contribution >= 0.6 is 0 Å². The van der Waals surface area contributed by atoms with Gasteiger partial charge in [-0.25, -0.2) is 13.1 Å². The summed E-state index contributed by atoms with van der Waals surface area (Å²) < 4.78 is 32.6. The minimum atomic E-state index is -3.69. The van der Waals surface area contributed by atoms with Crippen LogP contribution in [0.5, 0.6) is 0 Å². The standard InChI is InChI=1S/C14H18N4O4S/c1-15-23(20,21)13-6-5-12(22-13)14(19)18-9-2-4-11(18)10-17-8-3-7-16-17/h3,5-8,11,15H,2,4,9-10H2,1H3. The van der Waals surface area contributed by atoms with Gasteiger partial charge in [-0.05, 0) is 38.1 Å². The van der Waals surface area contributed by atoms with E-state index in [0.717, 1.165) is 12.8 Å². The van der Waals surface area contributed by atoms with Crippen molar-refractivity contribution in [3.63, 3.8) is 0 Å². The molecular formula is C14H18N4O4S. The highest BCUT2D eigenvalue weighted by molar-refractivity contribution is 7.89. The predicted molar refractivity (Wildman–Crippen MR) is 81.2 cm³/mol. The van der Waals surface area contributed by atoms with E-state index in [9.17, 15) is 13.2 Å². The van der Waals surface area contributed by atoms with E-state index < -0.39 is 10.0 Å². The van der Waals surface area contributed by atoms with Crippen LogP contribution in [0, 0.1) is 0 Å². The summed E-state index contributed by atoms with van der Waals surface area (Å²) in [6.07, 6.45) is 5.34. The van der Waals surface area contributed by atoms with Crippen molar-refractivity contribution in [3.05, 3.63) is 36.4 Å². The number of hydrogen-bond donors (Lipinski definition) is 1. The number of nitrogens with zero attached hydrogens (tertiary/aromatic N) is 3. The van der Waals surface area contributed by atoms with Gasteiger partial charge in [0.15, 0.2) is 5.76 Å². The van der Waals surface area contributed by atoms with Gasteiger partial charge in [0.2, 0.25) is 5.09 Å². The van der Waals surface area contributed by atoms with Crippen LogP contribution in [-0.4, -0.2) is 48.6 Å². The van der Waals surface area contributed by atoms with Crippen molar-refractivity contribution < 1.29 is 17.6 Å². The average Bonchev–Trinajstić information content (AvgIpc) is 3.28. The molecule has 1 unspecified atom stereocenters. The molecule has 23 heavy (non-hydrogen) atoms. The second-order valence-corrected chi connectivity index (χ2v) is 7.17. The van der Waals surface area contributed by atoms with Gasteiger partial charge in [0, 0.05) is 18.9 Å². The molecule has 0 bridgehead atoms. The van der Waals surface area contributed by atoms with E-state index in [2.05, 4.69) is 9.82 Å².